The van der Waals surface area contributed by atoms with E-state index in [1.807, 2.05) is 24.3 Å². The molecule has 3 rings (SSSR count). The van der Waals surface area contributed by atoms with Crippen LogP contribution in [0, 0.1) is 0 Å². The zero-order chi connectivity index (χ0) is 22.9. The van der Waals surface area contributed by atoms with Gasteiger partial charge in [-0.15, -0.1) is 0 Å². The number of hydrogen-bond donors (Lipinski definition) is 2. The summed E-state index contributed by atoms with van der Waals surface area (Å²) >= 11 is 12.0. The Bertz CT molecular complexity index is 932. The van der Waals surface area contributed by atoms with Crippen LogP contribution in [-0.2, 0) is 0 Å². The first-order chi connectivity index (χ1) is 15.5. The molecule has 8 heteroatoms. The van der Waals surface area contributed by atoms with Gasteiger partial charge < -0.3 is 19.9 Å². The zero-order valence-corrected chi connectivity index (χ0v) is 20.3. The van der Waals surface area contributed by atoms with Crippen molar-refractivity contribution in [2.75, 3.05) is 49.5 Å². The van der Waals surface area contributed by atoms with Gasteiger partial charge in [0.25, 0.3) is 5.91 Å². The minimum Gasteiger partial charge on any atom is -0.494 e. The molecule has 1 amide bonds. The second kappa shape index (κ2) is 12.0. The molecule has 2 aromatic rings. The minimum absolute atomic E-state index is 0.225. The molecule has 0 bridgehead atoms. The number of nitrogens with one attached hydrogen (secondary N) is 2. The number of likely N-dealkylation sites (N-methyl/N-ethyl adjacent to an activating group) is 1. The molecule has 1 fully saturated rings. The summed E-state index contributed by atoms with van der Waals surface area (Å²) in [7, 11) is 0. The molecule has 1 aliphatic heterocycles. The van der Waals surface area contributed by atoms with Crippen LogP contribution >= 0.6 is 23.8 Å². The average Bonchev–Trinajstić information content (AvgIpc) is 2.80. The molecule has 0 aromatic heterocycles. The van der Waals surface area contributed by atoms with Crippen molar-refractivity contribution in [3.05, 3.63) is 53.1 Å². The quantitative estimate of drug-likeness (QED) is 0.424. The topological polar surface area (TPSA) is 56.8 Å². The van der Waals surface area contributed by atoms with Gasteiger partial charge in [-0.05, 0) is 55.5 Å². The first kappa shape index (κ1) is 24.3. The summed E-state index contributed by atoms with van der Waals surface area (Å²) in [6.45, 7) is 9.70. The Labute approximate surface area is 200 Å². The number of carbonyl (C=O) groups is 1. The first-order valence-electron chi connectivity index (χ1n) is 11.1. The average molecular weight is 475 g/mol. The predicted molar refractivity (Wildman–Crippen MR) is 136 cm³/mol. The van der Waals surface area contributed by atoms with E-state index in [1.54, 1.807) is 18.2 Å². The van der Waals surface area contributed by atoms with Crippen molar-refractivity contribution >= 4 is 46.2 Å². The first-order valence-corrected chi connectivity index (χ1v) is 11.9. The Hall–Kier alpha value is -2.35. The third kappa shape index (κ3) is 6.58. The summed E-state index contributed by atoms with van der Waals surface area (Å²) in [6.07, 6.45) is 2.03. The fraction of sp³-hybridized carbons (Fsp3) is 0.417. The molecule has 6 nitrogen and oxygen atoms in total. The second-order valence-corrected chi connectivity index (χ2v) is 8.51. The zero-order valence-electron chi connectivity index (χ0n) is 18.7. The van der Waals surface area contributed by atoms with E-state index in [2.05, 4.69) is 34.3 Å². The lowest BCUT2D eigenvalue weighted by atomic mass is 10.2. The van der Waals surface area contributed by atoms with Crippen molar-refractivity contribution in [2.24, 2.45) is 0 Å². The molecular formula is C24H31ClN4O2S. The smallest absolute Gasteiger partial charge is 0.257 e. The summed E-state index contributed by atoms with van der Waals surface area (Å²) in [6, 6.07) is 12.8. The van der Waals surface area contributed by atoms with Gasteiger partial charge in [0.2, 0.25) is 0 Å². The number of piperazine rings is 1. The fourth-order valence-corrected chi connectivity index (χ4v) is 4.11. The van der Waals surface area contributed by atoms with E-state index in [4.69, 9.17) is 28.6 Å². The Morgan fingerprint density at radius 3 is 2.59 bits per heavy atom. The number of halogens is 1. The van der Waals surface area contributed by atoms with Crippen molar-refractivity contribution in [3.8, 4) is 5.75 Å². The van der Waals surface area contributed by atoms with E-state index >= 15 is 0 Å². The van der Waals surface area contributed by atoms with E-state index in [9.17, 15) is 4.79 Å². The predicted octanol–water partition coefficient (Wildman–Crippen LogP) is 4.79. The van der Waals surface area contributed by atoms with Gasteiger partial charge in [0.15, 0.2) is 5.11 Å². The Morgan fingerprint density at radius 1 is 1.12 bits per heavy atom. The number of benzene rings is 2. The van der Waals surface area contributed by atoms with Crippen LogP contribution in [-0.4, -0.2) is 55.3 Å². The van der Waals surface area contributed by atoms with Gasteiger partial charge in [-0.1, -0.05) is 44.0 Å². The molecule has 0 saturated carbocycles. The molecule has 1 heterocycles. The molecular weight excluding hydrogens is 444 g/mol. The highest BCUT2D eigenvalue weighted by Crippen LogP contribution is 2.34. The fourth-order valence-electron chi connectivity index (χ4n) is 3.62. The summed E-state index contributed by atoms with van der Waals surface area (Å²) in [5.41, 5.74) is 2.18. The Morgan fingerprint density at radius 2 is 1.88 bits per heavy atom. The summed E-state index contributed by atoms with van der Waals surface area (Å²) < 4.78 is 5.70. The highest BCUT2D eigenvalue weighted by Gasteiger charge is 2.21. The van der Waals surface area contributed by atoms with E-state index < -0.39 is 0 Å². The van der Waals surface area contributed by atoms with E-state index in [0.29, 0.717) is 22.9 Å². The SMILES string of the molecule is CCCCOc1cccc(C(=O)NC(=S)Nc2cccc(Cl)c2N2CCN(CC)CC2)c1. The number of anilines is 2. The largest absolute Gasteiger partial charge is 0.494 e. The van der Waals surface area contributed by atoms with E-state index in [-0.39, 0.29) is 11.0 Å². The van der Waals surface area contributed by atoms with Crippen LogP contribution in [0.3, 0.4) is 0 Å². The second-order valence-electron chi connectivity index (χ2n) is 7.70. The number of amides is 1. The number of unbranched alkanes of at least 4 members (excludes halogenated alkanes) is 1. The number of para-hydroxylation sites is 1. The summed E-state index contributed by atoms with van der Waals surface area (Å²) in [4.78, 5) is 17.4. The Kier molecular flexibility index (Phi) is 9.14. The molecule has 172 valence electrons. The lowest BCUT2D eigenvalue weighted by Crippen LogP contribution is -2.46. The normalized spacial score (nSPS) is 14.2. The standard InChI is InChI=1S/C24H31ClN4O2S/c1-3-5-16-31-19-9-6-8-18(17-19)23(30)27-24(32)26-21-11-7-10-20(25)22(21)29-14-12-28(4-2)13-15-29/h6-11,17H,3-5,12-16H2,1-2H3,(H2,26,27,30,32). The third-order valence-electron chi connectivity index (χ3n) is 5.46. The van der Waals surface area contributed by atoms with E-state index in [1.165, 1.54) is 0 Å². The molecule has 2 aromatic carbocycles. The maximum atomic E-state index is 12.7. The van der Waals surface area contributed by atoms with Gasteiger partial charge in [0, 0.05) is 31.7 Å². The molecule has 0 atom stereocenters. The van der Waals surface area contributed by atoms with Crippen LogP contribution in [0.1, 0.15) is 37.0 Å². The molecule has 0 spiro atoms. The maximum absolute atomic E-state index is 12.7. The number of hydrogen-bond acceptors (Lipinski definition) is 5. The third-order valence-corrected chi connectivity index (χ3v) is 5.97. The lowest BCUT2D eigenvalue weighted by molar-refractivity contribution is 0.0977. The molecule has 0 radical (unpaired) electrons. The maximum Gasteiger partial charge on any atom is 0.257 e. The number of nitrogens with zero attached hydrogens (tertiary/aromatic N) is 2. The van der Waals surface area contributed by atoms with Gasteiger partial charge in [-0.2, -0.15) is 0 Å². The summed E-state index contributed by atoms with van der Waals surface area (Å²) in [5, 5.41) is 6.80. The van der Waals surface area contributed by atoms with Crippen molar-refractivity contribution in [2.45, 2.75) is 26.7 Å². The van der Waals surface area contributed by atoms with Crippen LogP contribution in [0.5, 0.6) is 5.75 Å². The van der Waals surface area contributed by atoms with Crippen LogP contribution < -0.4 is 20.3 Å². The highest BCUT2D eigenvalue weighted by atomic mass is 35.5. The van der Waals surface area contributed by atoms with Crippen LogP contribution in [0.15, 0.2) is 42.5 Å². The number of thiocarbonyl (C=S) groups is 1. The molecule has 2 N–H and O–H groups in total. The van der Waals surface area contributed by atoms with Gasteiger partial charge in [-0.25, -0.2) is 0 Å². The number of ether oxygens (including phenoxy) is 1. The van der Waals surface area contributed by atoms with Gasteiger partial charge in [0.1, 0.15) is 5.75 Å². The van der Waals surface area contributed by atoms with Crippen molar-refractivity contribution in [1.29, 1.82) is 0 Å². The molecule has 0 aliphatic carbocycles. The van der Waals surface area contributed by atoms with E-state index in [0.717, 1.165) is 56.9 Å². The van der Waals surface area contributed by atoms with Gasteiger partial charge in [-0.3, -0.25) is 10.1 Å². The minimum atomic E-state index is -0.288. The van der Waals surface area contributed by atoms with Crippen LogP contribution in [0.25, 0.3) is 0 Å². The van der Waals surface area contributed by atoms with Crippen molar-refractivity contribution < 1.29 is 9.53 Å². The lowest BCUT2D eigenvalue weighted by Gasteiger charge is -2.37. The monoisotopic (exact) mass is 474 g/mol. The number of rotatable bonds is 8. The Balaban J connectivity index is 1.65. The van der Waals surface area contributed by atoms with Gasteiger partial charge in [0.05, 0.1) is 23.0 Å². The number of carbonyl (C=O) groups excluding carboxylic acids is 1. The van der Waals surface area contributed by atoms with Crippen LogP contribution in [0.4, 0.5) is 11.4 Å². The van der Waals surface area contributed by atoms with Crippen molar-refractivity contribution in [3.63, 3.8) is 0 Å². The molecule has 1 saturated heterocycles. The van der Waals surface area contributed by atoms with Crippen molar-refractivity contribution in [1.82, 2.24) is 10.2 Å². The van der Waals surface area contributed by atoms with Crippen LogP contribution in [0.2, 0.25) is 5.02 Å². The molecule has 1 aliphatic rings. The van der Waals surface area contributed by atoms with Gasteiger partial charge >= 0.3 is 0 Å². The molecule has 32 heavy (non-hydrogen) atoms. The highest BCUT2D eigenvalue weighted by molar-refractivity contribution is 7.80. The molecule has 0 unspecified atom stereocenters. The summed E-state index contributed by atoms with van der Waals surface area (Å²) in [5.74, 6) is 0.386.